The zero-order valence-electron chi connectivity index (χ0n) is 17.5. The first-order valence-corrected chi connectivity index (χ1v) is 11.2. The molecule has 32 heavy (non-hydrogen) atoms. The molecule has 5 nitrogen and oxygen atoms in total. The standard InChI is InChI=1S/C26H23N3O2S/c1-18-7-5-6-10-25(18)32(30)29-20-13-16-24(27)23(17-20)26(28)19-11-14-22(15-12-19)31-21-8-3-2-4-9-21/h2-17,28-29H,27H2,1H3. The fourth-order valence-electron chi connectivity index (χ4n) is 3.23. The normalized spacial score (nSPS) is 11.5. The summed E-state index contributed by atoms with van der Waals surface area (Å²) in [5.74, 6) is 1.43. The van der Waals surface area contributed by atoms with Gasteiger partial charge in [-0.05, 0) is 73.2 Å². The molecule has 4 aromatic rings. The molecule has 0 saturated heterocycles. The average Bonchev–Trinajstić information content (AvgIpc) is 2.81. The summed E-state index contributed by atoms with van der Waals surface area (Å²) < 4.78 is 21.6. The molecule has 1 unspecified atom stereocenters. The molecular formula is C26H23N3O2S. The van der Waals surface area contributed by atoms with E-state index in [9.17, 15) is 4.21 Å². The molecule has 0 bridgehead atoms. The number of anilines is 2. The zero-order valence-corrected chi connectivity index (χ0v) is 18.4. The van der Waals surface area contributed by atoms with Gasteiger partial charge in [0.15, 0.2) is 11.0 Å². The molecule has 0 amide bonds. The van der Waals surface area contributed by atoms with E-state index < -0.39 is 11.0 Å². The number of nitrogens with one attached hydrogen (secondary N) is 2. The number of aryl methyl sites for hydroxylation is 1. The lowest BCUT2D eigenvalue weighted by Crippen LogP contribution is -2.09. The van der Waals surface area contributed by atoms with Crippen molar-refractivity contribution in [2.75, 3.05) is 10.5 Å². The third-order valence-corrected chi connectivity index (χ3v) is 6.23. The number of hydrogen-bond acceptors (Lipinski definition) is 4. The van der Waals surface area contributed by atoms with Gasteiger partial charge in [-0.1, -0.05) is 36.4 Å². The van der Waals surface area contributed by atoms with Crippen molar-refractivity contribution in [1.82, 2.24) is 0 Å². The summed E-state index contributed by atoms with van der Waals surface area (Å²) in [7, 11) is -1.42. The van der Waals surface area contributed by atoms with Crippen LogP contribution in [0.15, 0.2) is 102 Å². The third kappa shape index (κ3) is 4.87. The molecule has 0 aliphatic rings. The molecule has 0 aromatic heterocycles. The van der Waals surface area contributed by atoms with Crippen molar-refractivity contribution in [3.05, 3.63) is 114 Å². The quantitative estimate of drug-likeness (QED) is 0.246. The molecule has 6 heteroatoms. The third-order valence-electron chi connectivity index (χ3n) is 4.95. The SMILES string of the molecule is Cc1ccccc1S(=O)Nc1ccc(N)c(C(=N)c2ccc(Oc3ccccc3)cc2)c1. The Morgan fingerprint density at radius 2 is 1.53 bits per heavy atom. The summed E-state index contributed by atoms with van der Waals surface area (Å²) >= 11 is 0. The van der Waals surface area contributed by atoms with Crippen LogP contribution in [0.4, 0.5) is 11.4 Å². The fraction of sp³-hybridized carbons (Fsp3) is 0.0385. The van der Waals surface area contributed by atoms with Gasteiger partial charge in [0.05, 0.1) is 10.6 Å². The molecule has 0 radical (unpaired) electrons. The molecule has 0 fully saturated rings. The fourth-order valence-corrected chi connectivity index (χ4v) is 4.25. The van der Waals surface area contributed by atoms with E-state index in [1.165, 1.54) is 0 Å². The van der Waals surface area contributed by atoms with E-state index in [4.69, 9.17) is 15.9 Å². The first-order chi connectivity index (χ1) is 15.5. The maximum absolute atomic E-state index is 12.8. The molecule has 0 saturated carbocycles. The topological polar surface area (TPSA) is 88.2 Å². The van der Waals surface area contributed by atoms with Gasteiger partial charge >= 0.3 is 0 Å². The Morgan fingerprint density at radius 3 is 2.25 bits per heavy atom. The van der Waals surface area contributed by atoms with E-state index in [1.807, 2.05) is 85.8 Å². The van der Waals surface area contributed by atoms with Crippen LogP contribution in [0.5, 0.6) is 11.5 Å². The summed E-state index contributed by atoms with van der Waals surface area (Å²) in [4.78, 5) is 0.718. The van der Waals surface area contributed by atoms with Crippen LogP contribution in [-0.2, 0) is 11.0 Å². The molecule has 4 N–H and O–H groups in total. The predicted octanol–water partition coefficient (Wildman–Crippen LogP) is 5.92. The van der Waals surface area contributed by atoms with Crippen LogP contribution in [-0.4, -0.2) is 9.92 Å². The molecule has 4 aromatic carbocycles. The second-order valence-corrected chi connectivity index (χ2v) is 8.43. The minimum Gasteiger partial charge on any atom is -0.457 e. The first-order valence-electron chi connectivity index (χ1n) is 10.1. The van der Waals surface area contributed by atoms with Crippen molar-refractivity contribution in [3.8, 4) is 11.5 Å². The van der Waals surface area contributed by atoms with Gasteiger partial charge in [0.1, 0.15) is 11.5 Å². The van der Waals surface area contributed by atoms with Crippen LogP contribution in [0.2, 0.25) is 0 Å². The highest BCUT2D eigenvalue weighted by Crippen LogP contribution is 2.25. The van der Waals surface area contributed by atoms with Gasteiger partial charge < -0.3 is 15.2 Å². The maximum atomic E-state index is 12.8. The van der Waals surface area contributed by atoms with Crippen LogP contribution in [0, 0.1) is 12.3 Å². The van der Waals surface area contributed by atoms with Crippen molar-refractivity contribution in [2.45, 2.75) is 11.8 Å². The van der Waals surface area contributed by atoms with Crippen LogP contribution < -0.4 is 15.2 Å². The minimum absolute atomic E-state index is 0.277. The number of nitrogen functional groups attached to an aromatic ring is 1. The van der Waals surface area contributed by atoms with Crippen molar-refractivity contribution >= 4 is 28.1 Å². The monoisotopic (exact) mass is 441 g/mol. The van der Waals surface area contributed by atoms with Crippen molar-refractivity contribution in [1.29, 1.82) is 5.41 Å². The summed E-state index contributed by atoms with van der Waals surface area (Å²) in [6.07, 6.45) is 0. The van der Waals surface area contributed by atoms with Gasteiger partial charge in [0.25, 0.3) is 0 Å². The number of nitrogens with two attached hydrogens (primary N) is 1. The van der Waals surface area contributed by atoms with E-state index in [1.54, 1.807) is 18.2 Å². The molecule has 4 rings (SSSR count). The van der Waals surface area contributed by atoms with Gasteiger partial charge in [0.2, 0.25) is 0 Å². The number of benzene rings is 4. The molecular weight excluding hydrogens is 418 g/mol. The summed E-state index contributed by atoms with van der Waals surface area (Å²) in [5, 5.41) is 8.66. The van der Waals surface area contributed by atoms with Crippen molar-refractivity contribution < 1.29 is 8.95 Å². The smallest absolute Gasteiger partial charge is 0.150 e. The molecule has 0 heterocycles. The second-order valence-electron chi connectivity index (χ2n) is 7.25. The largest absolute Gasteiger partial charge is 0.457 e. The number of rotatable bonds is 7. The Balaban J connectivity index is 1.52. The van der Waals surface area contributed by atoms with Gasteiger partial charge in [0, 0.05) is 22.5 Å². The number of hydrogen-bond donors (Lipinski definition) is 3. The lowest BCUT2D eigenvalue weighted by Gasteiger charge is -2.13. The van der Waals surface area contributed by atoms with Gasteiger partial charge in [-0.2, -0.15) is 0 Å². The van der Waals surface area contributed by atoms with Crippen LogP contribution in [0.25, 0.3) is 0 Å². The van der Waals surface area contributed by atoms with Crippen molar-refractivity contribution in [2.24, 2.45) is 0 Å². The number of para-hydroxylation sites is 1. The van der Waals surface area contributed by atoms with E-state index in [0.717, 1.165) is 16.2 Å². The average molecular weight is 442 g/mol. The number of ether oxygens (including phenoxy) is 1. The summed E-state index contributed by atoms with van der Waals surface area (Å²) in [6, 6.07) is 29.6. The minimum atomic E-state index is -1.42. The Bertz CT molecular complexity index is 1270. The highest BCUT2D eigenvalue weighted by molar-refractivity contribution is 7.86. The molecule has 0 spiro atoms. The lowest BCUT2D eigenvalue weighted by atomic mass is 10.0. The van der Waals surface area contributed by atoms with Crippen molar-refractivity contribution in [3.63, 3.8) is 0 Å². The van der Waals surface area contributed by atoms with E-state index in [0.29, 0.717) is 28.3 Å². The van der Waals surface area contributed by atoms with Gasteiger partial charge in [-0.25, -0.2) is 4.21 Å². The van der Waals surface area contributed by atoms with Crippen LogP contribution >= 0.6 is 0 Å². The Hall–Kier alpha value is -3.90. The van der Waals surface area contributed by atoms with Crippen LogP contribution in [0.3, 0.4) is 0 Å². The Labute approximate surface area is 190 Å². The highest BCUT2D eigenvalue weighted by atomic mass is 32.2. The Kier molecular flexibility index (Phi) is 6.33. The van der Waals surface area contributed by atoms with Gasteiger partial charge in [-0.3, -0.25) is 5.41 Å². The second kappa shape index (κ2) is 9.49. The molecule has 0 aliphatic carbocycles. The Morgan fingerprint density at radius 1 is 0.875 bits per heavy atom. The van der Waals surface area contributed by atoms with E-state index >= 15 is 0 Å². The summed E-state index contributed by atoms with van der Waals surface area (Å²) in [6.45, 7) is 1.92. The molecule has 0 aliphatic heterocycles. The zero-order chi connectivity index (χ0) is 22.5. The highest BCUT2D eigenvalue weighted by Gasteiger charge is 2.12. The lowest BCUT2D eigenvalue weighted by molar-refractivity contribution is 0.482. The summed E-state index contributed by atoms with van der Waals surface area (Å²) in [5.41, 5.74) is 9.75. The van der Waals surface area contributed by atoms with E-state index in [-0.39, 0.29) is 5.71 Å². The predicted molar refractivity (Wildman–Crippen MR) is 131 cm³/mol. The van der Waals surface area contributed by atoms with Crippen LogP contribution in [0.1, 0.15) is 16.7 Å². The first kappa shape index (κ1) is 21.3. The van der Waals surface area contributed by atoms with E-state index in [2.05, 4.69) is 4.72 Å². The maximum Gasteiger partial charge on any atom is 0.150 e. The molecule has 1 atom stereocenters. The molecule has 160 valence electrons. The van der Waals surface area contributed by atoms with Gasteiger partial charge in [-0.15, -0.1) is 0 Å².